The van der Waals surface area contributed by atoms with Gasteiger partial charge in [-0.2, -0.15) is 0 Å². The summed E-state index contributed by atoms with van der Waals surface area (Å²) in [5, 5.41) is 3.33. The van der Waals surface area contributed by atoms with Gasteiger partial charge in [0, 0.05) is 30.4 Å². The zero-order valence-electron chi connectivity index (χ0n) is 14.8. The van der Waals surface area contributed by atoms with Gasteiger partial charge in [0.15, 0.2) is 0 Å². The molecule has 2 aromatic carbocycles. The average Bonchev–Trinajstić information content (AvgIpc) is 2.68. The van der Waals surface area contributed by atoms with Gasteiger partial charge >= 0.3 is 0 Å². The van der Waals surface area contributed by atoms with Gasteiger partial charge in [0.1, 0.15) is 23.1 Å². The van der Waals surface area contributed by atoms with Crippen LogP contribution in [-0.4, -0.2) is 12.1 Å². The molecule has 0 bridgehead atoms. The molecule has 0 fully saturated rings. The van der Waals surface area contributed by atoms with Crippen LogP contribution < -0.4 is 14.8 Å². The highest BCUT2D eigenvalue weighted by Crippen LogP contribution is 2.23. The third-order valence-corrected chi connectivity index (χ3v) is 4.11. The number of hydrogen-bond donors (Lipinski definition) is 1. The number of pyridine rings is 1. The summed E-state index contributed by atoms with van der Waals surface area (Å²) in [6.07, 6.45) is 3.37. The number of ether oxygens (including phenoxy) is 2. The number of rotatable bonds is 7. The third-order valence-electron chi connectivity index (χ3n) is 4.11. The summed E-state index contributed by atoms with van der Waals surface area (Å²) in [6.45, 7) is 2.48. The van der Waals surface area contributed by atoms with Crippen molar-refractivity contribution in [2.45, 2.75) is 19.5 Å². The summed E-state index contributed by atoms with van der Waals surface area (Å²) in [7, 11) is 1.52. The smallest absolute Gasteiger partial charge is 0.145 e. The zero-order chi connectivity index (χ0) is 18.4. The van der Waals surface area contributed by atoms with Gasteiger partial charge in [-0.1, -0.05) is 18.2 Å². The number of nitrogens with one attached hydrogen (secondary N) is 1. The Labute approximate surface area is 152 Å². The number of aromatic nitrogens is 1. The van der Waals surface area contributed by atoms with Crippen molar-refractivity contribution in [2.75, 3.05) is 7.11 Å². The van der Waals surface area contributed by atoms with Crippen LogP contribution >= 0.6 is 0 Å². The number of benzene rings is 2. The first-order valence-corrected chi connectivity index (χ1v) is 8.39. The number of methoxy groups -OCH3 is 1. The Morgan fingerprint density at radius 1 is 1.04 bits per heavy atom. The molecule has 0 spiro atoms. The first kappa shape index (κ1) is 17.9. The molecule has 26 heavy (non-hydrogen) atoms. The average molecular weight is 352 g/mol. The fraction of sp³-hybridized carbons (Fsp3) is 0.190. The SMILES string of the molecule is COc1ccc(CNC(C)c2ccc(Oc3cccnc3)cc2)c(F)c1. The summed E-state index contributed by atoms with van der Waals surface area (Å²) < 4.78 is 24.8. The van der Waals surface area contributed by atoms with E-state index in [-0.39, 0.29) is 11.9 Å². The summed E-state index contributed by atoms with van der Waals surface area (Å²) in [5.74, 6) is 1.68. The topological polar surface area (TPSA) is 43.4 Å². The second-order valence-corrected chi connectivity index (χ2v) is 5.92. The van der Waals surface area contributed by atoms with E-state index in [1.807, 2.05) is 43.3 Å². The Morgan fingerprint density at radius 3 is 2.46 bits per heavy atom. The van der Waals surface area contributed by atoms with Crippen LogP contribution in [0.25, 0.3) is 0 Å². The molecule has 3 rings (SSSR count). The molecule has 134 valence electrons. The van der Waals surface area contributed by atoms with Crippen molar-refractivity contribution >= 4 is 0 Å². The van der Waals surface area contributed by atoms with Gasteiger partial charge in [0.2, 0.25) is 0 Å². The van der Waals surface area contributed by atoms with Gasteiger partial charge in [-0.05, 0) is 42.8 Å². The van der Waals surface area contributed by atoms with Crippen LogP contribution in [0.1, 0.15) is 24.1 Å². The molecule has 0 aliphatic carbocycles. The van der Waals surface area contributed by atoms with E-state index in [4.69, 9.17) is 9.47 Å². The van der Waals surface area contributed by atoms with Gasteiger partial charge in [-0.25, -0.2) is 4.39 Å². The second kappa shape index (κ2) is 8.45. The highest BCUT2D eigenvalue weighted by atomic mass is 19.1. The van der Waals surface area contributed by atoms with Gasteiger partial charge in [0.05, 0.1) is 13.3 Å². The molecule has 1 aromatic heterocycles. The third kappa shape index (κ3) is 4.58. The van der Waals surface area contributed by atoms with E-state index in [2.05, 4.69) is 10.3 Å². The van der Waals surface area contributed by atoms with E-state index in [1.165, 1.54) is 13.2 Å². The largest absolute Gasteiger partial charge is 0.497 e. The summed E-state index contributed by atoms with van der Waals surface area (Å²) in [6, 6.07) is 16.5. The molecule has 0 aliphatic heterocycles. The predicted octanol–water partition coefficient (Wildman–Crippen LogP) is 4.87. The maximum absolute atomic E-state index is 14.0. The van der Waals surface area contributed by atoms with Crippen LogP contribution in [0.4, 0.5) is 4.39 Å². The predicted molar refractivity (Wildman–Crippen MR) is 99.0 cm³/mol. The van der Waals surface area contributed by atoms with E-state index in [9.17, 15) is 4.39 Å². The van der Waals surface area contributed by atoms with Crippen LogP contribution in [0.15, 0.2) is 67.0 Å². The Hall–Kier alpha value is -2.92. The van der Waals surface area contributed by atoms with Crippen molar-refractivity contribution in [1.29, 1.82) is 0 Å². The van der Waals surface area contributed by atoms with Gasteiger partial charge in [-0.3, -0.25) is 4.98 Å². The van der Waals surface area contributed by atoms with Crippen LogP contribution in [-0.2, 0) is 6.54 Å². The Morgan fingerprint density at radius 2 is 1.81 bits per heavy atom. The molecule has 0 radical (unpaired) electrons. The van der Waals surface area contributed by atoms with Gasteiger partial charge in [-0.15, -0.1) is 0 Å². The summed E-state index contributed by atoms with van der Waals surface area (Å²) >= 11 is 0. The second-order valence-electron chi connectivity index (χ2n) is 5.92. The Kier molecular flexibility index (Phi) is 5.81. The standard InChI is InChI=1S/C21H21FN2O2/c1-15(24-13-17-7-10-19(25-2)12-21(17)22)16-5-8-18(9-6-16)26-20-4-3-11-23-14-20/h3-12,14-15,24H,13H2,1-2H3. The molecule has 0 saturated carbocycles. The zero-order valence-corrected chi connectivity index (χ0v) is 14.8. The molecule has 0 saturated heterocycles. The molecule has 1 heterocycles. The molecule has 1 N–H and O–H groups in total. The minimum absolute atomic E-state index is 0.0731. The van der Waals surface area contributed by atoms with E-state index in [1.54, 1.807) is 24.5 Å². The van der Waals surface area contributed by atoms with Crippen LogP contribution in [0, 0.1) is 5.82 Å². The Bertz CT molecular complexity index is 838. The van der Waals surface area contributed by atoms with Gasteiger partial charge in [0.25, 0.3) is 0 Å². The first-order chi connectivity index (χ1) is 12.7. The highest BCUT2D eigenvalue weighted by molar-refractivity contribution is 5.33. The van der Waals surface area contributed by atoms with E-state index in [0.717, 1.165) is 11.3 Å². The van der Waals surface area contributed by atoms with Crippen LogP contribution in [0.3, 0.4) is 0 Å². The van der Waals surface area contributed by atoms with Crippen molar-refractivity contribution in [3.63, 3.8) is 0 Å². The van der Waals surface area contributed by atoms with Crippen molar-refractivity contribution in [3.05, 3.63) is 83.9 Å². The van der Waals surface area contributed by atoms with Crippen molar-refractivity contribution in [2.24, 2.45) is 0 Å². The molecule has 0 aliphatic rings. The van der Waals surface area contributed by atoms with Crippen molar-refractivity contribution < 1.29 is 13.9 Å². The van der Waals surface area contributed by atoms with E-state index >= 15 is 0 Å². The Balaban J connectivity index is 1.58. The normalized spacial score (nSPS) is 11.8. The summed E-state index contributed by atoms with van der Waals surface area (Å²) in [5.41, 5.74) is 1.70. The molecule has 3 aromatic rings. The van der Waals surface area contributed by atoms with Gasteiger partial charge < -0.3 is 14.8 Å². The van der Waals surface area contributed by atoms with E-state index in [0.29, 0.717) is 23.6 Å². The number of halogens is 1. The van der Waals surface area contributed by atoms with Crippen molar-refractivity contribution in [3.8, 4) is 17.2 Å². The minimum atomic E-state index is -0.274. The molecule has 1 unspecified atom stereocenters. The summed E-state index contributed by atoms with van der Waals surface area (Å²) in [4.78, 5) is 4.02. The fourth-order valence-electron chi connectivity index (χ4n) is 2.55. The number of nitrogens with zero attached hydrogens (tertiary/aromatic N) is 1. The lowest BCUT2D eigenvalue weighted by atomic mass is 10.1. The fourth-order valence-corrected chi connectivity index (χ4v) is 2.55. The molecular weight excluding hydrogens is 331 g/mol. The molecule has 0 amide bonds. The molecule has 1 atom stereocenters. The molecular formula is C21H21FN2O2. The lowest BCUT2D eigenvalue weighted by molar-refractivity contribution is 0.410. The maximum atomic E-state index is 14.0. The minimum Gasteiger partial charge on any atom is -0.497 e. The van der Waals surface area contributed by atoms with Crippen LogP contribution in [0.2, 0.25) is 0 Å². The van der Waals surface area contributed by atoms with Crippen LogP contribution in [0.5, 0.6) is 17.2 Å². The molecule has 5 heteroatoms. The lowest BCUT2D eigenvalue weighted by Crippen LogP contribution is -2.18. The highest BCUT2D eigenvalue weighted by Gasteiger charge is 2.09. The quantitative estimate of drug-likeness (QED) is 0.659. The maximum Gasteiger partial charge on any atom is 0.145 e. The number of hydrogen-bond acceptors (Lipinski definition) is 4. The lowest BCUT2D eigenvalue weighted by Gasteiger charge is -2.15. The molecule has 4 nitrogen and oxygen atoms in total. The van der Waals surface area contributed by atoms with Crippen molar-refractivity contribution in [1.82, 2.24) is 10.3 Å². The monoisotopic (exact) mass is 352 g/mol. The first-order valence-electron chi connectivity index (χ1n) is 8.39. The van der Waals surface area contributed by atoms with E-state index < -0.39 is 0 Å².